The summed E-state index contributed by atoms with van der Waals surface area (Å²) >= 11 is 0. The van der Waals surface area contributed by atoms with Crippen LogP contribution in [0.2, 0.25) is 0 Å². The number of ether oxygens (including phenoxy) is 1. The molecular formula is C27H25N3O6S2. The van der Waals surface area contributed by atoms with Gasteiger partial charge in [0, 0.05) is 22.6 Å². The molecule has 0 unspecified atom stereocenters. The maximum absolute atomic E-state index is 12.8. The summed E-state index contributed by atoms with van der Waals surface area (Å²) in [7, 11) is -7.66. The van der Waals surface area contributed by atoms with Crippen LogP contribution in [0, 0.1) is 0 Å². The first-order chi connectivity index (χ1) is 18.2. The van der Waals surface area contributed by atoms with Crippen molar-refractivity contribution in [3.8, 4) is 5.75 Å². The van der Waals surface area contributed by atoms with E-state index in [1.165, 1.54) is 54.6 Å². The Morgan fingerprint density at radius 3 is 1.87 bits per heavy atom. The van der Waals surface area contributed by atoms with Crippen molar-refractivity contribution >= 4 is 43.0 Å². The molecule has 0 heterocycles. The number of hydrogen-bond acceptors (Lipinski definition) is 6. The first-order valence-electron chi connectivity index (χ1n) is 11.5. The normalized spacial score (nSPS) is 11.4. The second kappa shape index (κ2) is 11.4. The molecule has 0 spiro atoms. The van der Waals surface area contributed by atoms with Gasteiger partial charge in [0.25, 0.3) is 26.0 Å². The zero-order valence-electron chi connectivity index (χ0n) is 20.3. The number of amides is 1. The van der Waals surface area contributed by atoms with E-state index in [-0.39, 0.29) is 21.0 Å². The largest absolute Gasteiger partial charge is 0.494 e. The molecule has 0 radical (unpaired) electrons. The Balaban J connectivity index is 1.42. The average Bonchev–Trinajstić information content (AvgIpc) is 2.90. The van der Waals surface area contributed by atoms with Gasteiger partial charge in [-0.25, -0.2) is 16.8 Å². The summed E-state index contributed by atoms with van der Waals surface area (Å²) in [5.74, 6) is 0.142. The van der Waals surface area contributed by atoms with Gasteiger partial charge in [-0.2, -0.15) is 0 Å². The SMILES string of the molecule is CCOc1ccc(NS(=O)(=O)c2ccc(NC(=O)c3cccc(NS(=O)(=O)c4ccccc4)c3)cc2)cc1. The minimum atomic E-state index is -3.85. The summed E-state index contributed by atoms with van der Waals surface area (Å²) < 4.78 is 60.9. The van der Waals surface area contributed by atoms with Crippen molar-refractivity contribution < 1.29 is 26.4 Å². The molecule has 0 aliphatic rings. The second-order valence-electron chi connectivity index (χ2n) is 8.04. The van der Waals surface area contributed by atoms with Crippen LogP contribution in [0.25, 0.3) is 0 Å². The summed E-state index contributed by atoms with van der Waals surface area (Å²) in [5.41, 5.74) is 1.19. The van der Waals surface area contributed by atoms with Crippen LogP contribution in [0.4, 0.5) is 17.1 Å². The summed E-state index contributed by atoms with van der Waals surface area (Å²) in [6.07, 6.45) is 0. The van der Waals surface area contributed by atoms with Crippen molar-refractivity contribution in [1.29, 1.82) is 0 Å². The van der Waals surface area contributed by atoms with Gasteiger partial charge in [0.15, 0.2) is 0 Å². The van der Waals surface area contributed by atoms with Gasteiger partial charge in [0.2, 0.25) is 0 Å². The predicted octanol–water partition coefficient (Wildman–Crippen LogP) is 4.94. The molecule has 38 heavy (non-hydrogen) atoms. The highest BCUT2D eigenvalue weighted by Gasteiger charge is 2.16. The smallest absolute Gasteiger partial charge is 0.261 e. The summed E-state index contributed by atoms with van der Waals surface area (Å²) in [6.45, 7) is 2.36. The maximum atomic E-state index is 12.8. The summed E-state index contributed by atoms with van der Waals surface area (Å²) in [4.78, 5) is 12.9. The molecule has 1 amide bonds. The zero-order valence-corrected chi connectivity index (χ0v) is 21.9. The molecule has 0 saturated carbocycles. The van der Waals surface area contributed by atoms with Gasteiger partial charge in [0.1, 0.15) is 5.75 Å². The van der Waals surface area contributed by atoms with E-state index in [2.05, 4.69) is 14.8 Å². The molecular weight excluding hydrogens is 526 g/mol. The lowest BCUT2D eigenvalue weighted by Gasteiger charge is -2.11. The minimum Gasteiger partial charge on any atom is -0.494 e. The number of benzene rings is 4. The van der Waals surface area contributed by atoms with Crippen molar-refractivity contribution in [1.82, 2.24) is 0 Å². The number of anilines is 3. The molecule has 0 aliphatic carbocycles. The first kappa shape index (κ1) is 26.7. The number of rotatable bonds is 10. The third kappa shape index (κ3) is 6.69. The molecule has 196 valence electrons. The Hall–Kier alpha value is -4.35. The lowest BCUT2D eigenvalue weighted by molar-refractivity contribution is 0.102. The Morgan fingerprint density at radius 1 is 0.658 bits per heavy atom. The van der Waals surface area contributed by atoms with E-state index in [0.717, 1.165) is 0 Å². The molecule has 0 aromatic heterocycles. The van der Waals surface area contributed by atoms with Crippen molar-refractivity contribution in [2.24, 2.45) is 0 Å². The molecule has 4 aromatic rings. The van der Waals surface area contributed by atoms with Crippen LogP contribution in [0.1, 0.15) is 17.3 Å². The highest BCUT2D eigenvalue weighted by atomic mass is 32.2. The third-order valence-electron chi connectivity index (χ3n) is 5.27. The quantitative estimate of drug-likeness (QED) is 0.256. The predicted molar refractivity (Wildman–Crippen MR) is 147 cm³/mol. The van der Waals surface area contributed by atoms with E-state index in [4.69, 9.17) is 4.74 Å². The van der Waals surface area contributed by atoms with Crippen LogP contribution in [-0.2, 0) is 20.0 Å². The molecule has 0 fully saturated rings. The minimum absolute atomic E-state index is 0.0155. The van der Waals surface area contributed by atoms with Crippen LogP contribution in [0.3, 0.4) is 0 Å². The Morgan fingerprint density at radius 2 is 1.24 bits per heavy atom. The zero-order chi connectivity index (χ0) is 27.2. The fraction of sp³-hybridized carbons (Fsp3) is 0.0741. The lowest BCUT2D eigenvalue weighted by Crippen LogP contribution is -2.15. The molecule has 0 saturated heterocycles. The molecule has 11 heteroatoms. The molecule has 0 atom stereocenters. The number of nitrogens with one attached hydrogen (secondary N) is 3. The Labute approximate surface area is 221 Å². The van der Waals surface area contributed by atoms with Crippen molar-refractivity contribution in [3.63, 3.8) is 0 Å². The van der Waals surface area contributed by atoms with Gasteiger partial charge in [-0.3, -0.25) is 14.2 Å². The van der Waals surface area contributed by atoms with Crippen molar-refractivity contribution in [2.45, 2.75) is 16.7 Å². The van der Waals surface area contributed by atoms with Gasteiger partial charge in [-0.1, -0.05) is 24.3 Å². The van der Waals surface area contributed by atoms with Crippen LogP contribution < -0.4 is 19.5 Å². The van der Waals surface area contributed by atoms with Crippen molar-refractivity contribution in [2.75, 3.05) is 21.4 Å². The van der Waals surface area contributed by atoms with E-state index in [0.29, 0.717) is 23.7 Å². The molecule has 0 bridgehead atoms. The van der Waals surface area contributed by atoms with E-state index < -0.39 is 26.0 Å². The first-order valence-corrected chi connectivity index (χ1v) is 14.5. The third-order valence-corrected chi connectivity index (χ3v) is 8.06. The van der Waals surface area contributed by atoms with E-state index in [1.807, 2.05) is 6.92 Å². The molecule has 9 nitrogen and oxygen atoms in total. The van der Waals surface area contributed by atoms with E-state index in [1.54, 1.807) is 48.5 Å². The van der Waals surface area contributed by atoms with Gasteiger partial charge in [-0.05, 0) is 85.8 Å². The molecule has 4 aromatic carbocycles. The fourth-order valence-corrected chi connectivity index (χ4v) is 5.59. The van der Waals surface area contributed by atoms with Gasteiger partial charge >= 0.3 is 0 Å². The summed E-state index contributed by atoms with van der Waals surface area (Å²) in [5, 5.41) is 2.68. The van der Waals surface area contributed by atoms with Crippen LogP contribution >= 0.6 is 0 Å². The fourth-order valence-electron chi connectivity index (χ4n) is 3.46. The molecule has 4 rings (SSSR count). The van der Waals surface area contributed by atoms with Crippen LogP contribution in [0.15, 0.2) is 113 Å². The second-order valence-corrected chi connectivity index (χ2v) is 11.4. The van der Waals surface area contributed by atoms with Crippen LogP contribution in [0.5, 0.6) is 5.75 Å². The van der Waals surface area contributed by atoms with Crippen LogP contribution in [-0.4, -0.2) is 29.3 Å². The van der Waals surface area contributed by atoms with E-state index >= 15 is 0 Å². The van der Waals surface area contributed by atoms with Gasteiger partial charge < -0.3 is 10.1 Å². The van der Waals surface area contributed by atoms with Gasteiger partial charge in [0.05, 0.1) is 16.4 Å². The topological polar surface area (TPSA) is 131 Å². The number of sulfonamides is 2. The summed E-state index contributed by atoms with van der Waals surface area (Å²) in [6, 6.07) is 26.1. The standard InChI is InChI=1S/C27H25N3O6S2/c1-2-36-24-15-11-22(12-16-24)29-38(34,35)26-17-13-21(14-18-26)28-27(31)20-7-6-8-23(19-20)30-37(32,33)25-9-4-3-5-10-25/h3-19,29-30H,2H2,1H3,(H,28,31). The van der Waals surface area contributed by atoms with E-state index in [9.17, 15) is 21.6 Å². The number of hydrogen-bond donors (Lipinski definition) is 3. The van der Waals surface area contributed by atoms with Gasteiger partial charge in [-0.15, -0.1) is 0 Å². The highest BCUT2D eigenvalue weighted by molar-refractivity contribution is 7.93. The Bertz CT molecular complexity index is 1620. The Kier molecular flexibility index (Phi) is 7.99. The molecule has 3 N–H and O–H groups in total. The monoisotopic (exact) mass is 551 g/mol. The number of carbonyl (C=O) groups is 1. The highest BCUT2D eigenvalue weighted by Crippen LogP contribution is 2.22. The lowest BCUT2D eigenvalue weighted by atomic mass is 10.2. The average molecular weight is 552 g/mol. The van der Waals surface area contributed by atoms with Crippen molar-refractivity contribution in [3.05, 3.63) is 109 Å². The number of carbonyl (C=O) groups excluding carboxylic acids is 1. The molecule has 0 aliphatic heterocycles. The maximum Gasteiger partial charge on any atom is 0.261 e.